The summed E-state index contributed by atoms with van der Waals surface area (Å²) in [5.41, 5.74) is 1.95. The van der Waals surface area contributed by atoms with E-state index in [1.54, 1.807) is 6.07 Å². The molecule has 0 fully saturated rings. The van der Waals surface area contributed by atoms with E-state index in [0.717, 1.165) is 5.65 Å². The number of fused-ring (bicyclic) bond motifs is 1. The lowest BCUT2D eigenvalue weighted by Gasteiger charge is -2.02. The van der Waals surface area contributed by atoms with Crippen LogP contribution >= 0.6 is 0 Å². The number of esters is 1. The fourth-order valence-electron chi connectivity index (χ4n) is 2.02. The smallest absolute Gasteiger partial charge is 0.340 e. The third-order valence-corrected chi connectivity index (χ3v) is 3.03. The van der Waals surface area contributed by atoms with Crippen molar-refractivity contribution in [2.45, 2.75) is 0 Å². The monoisotopic (exact) mass is 270 g/mol. The first-order valence-corrected chi connectivity index (χ1v) is 6.01. The second-order valence-corrected chi connectivity index (χ2v) is 4.28. The largest absolute Gasteiger partial charge is 0.465 e. The number of nitrogens with zero attached hydrogens (tertiary/aromatic N) is 2. The first kappa shape index (κ1) is 12.3. The van der Waals surface area contributed by atoms with Crippen molar-refractivity contribution in [2.75, 3.05) is 7.11 Å². The first-order chi connectivity index (χ1) is 9.69. The van der Waals surface area contributed by atoms with Crippen LogP contribution in [0, 0.1) is 5.82 Å². The maximum atomic E-state index is 13.9. The molecule has 4 nitrogen and oxygen atoms in total. The summed E-state index contributed by atoms with van der Waals surface area (Å²) < 4.78 is 20.3. The van der Waals surface area contributed by atoms with Crippen molar-refractivity contribution in [3.8, 4) is 11.3 Å². The molecule has 0 unspecified atom stereocenters. The van der Waals surface area contributed by atoms with Gasteiger partial charge in [-0.2, -0.15) is 0 Å². The molecule has 3 rings (SSSR count). The molecule has 0 amide bonds. The molecule has 0 saturated heterocycles. The number of imidazole rings is 1. The van der Waals surface area contributed by atoms with Crippen LogP contribution < -0.4 is 0 Å². The van der Waals surface area contributed by atoms with Crippen molar-refractivity contribution in [3.63, 3.8) is 0 Å². The quantitative estimate of drug-likeness (QED) is 0.672. The molecule has 0 spiro atoms. The molecule has 2 heterocycles. The third-order valence-electron chi connectivity index (χ3n) is 3.03. The van der Waals surface area contributed by atoms with Crippen molar-refractivity contribution in [1.29, 1.82) is 0 Å². The number of halogens is 1. The van der Waals surface area contributed by atoms with Gasteiger partial charge in [0.1, 0.15) is 11.5 Å². The predicted molar refractivity (Wildman–Crippen MR) is 71.9 cm³/mol. The zero-order valence-electron chi connectivity index (χ0n) is 10.7. The van der Waals surface area contributed by atoms with Crippen molar-refractivity contribution in [2.24, 2.45) is 0 Å². The Morgan fingerprint density at radius 3 is 2.85 bits per heavy atom. The van der Waals surface area contributed by atoms with Gasteiger partial charge in [0.2, 0.25) is 0 Å². The number of pyridine rings is 1. The summed E-state index contributed by atoms with van der Waals surface area (Å²) in [6, 6.07) is 9.97. The van der Waals surface area contributed by atoms with E-state index < -0.39 is 11.8 Å². The van der Waals surface area contributed by atoms with Gasteiger partial charge in [0.25, 0.3) is 0 Å². The summed E-state index contributed by atoms with van der Waals surface area (Å²) in [6.45, 7) is 0. The molecule has 0 saturated carbocycles. The molecule has 0 aliphatic heterocycles. The topological polar surface area (TPSA) is 43.6 Å². The van der Waals surface area contributed by atoms with E-state index in [0.29, 0.717) is 11.3 Å². The average Bonchev–Trinajstić information content (AvgIpc) is 2.90. The highest BCUT2D eigenvalue weighted by Gasteiger charge is 2.14. The fraction of sp³-hybridized carbons (Fsp3) is 0.0667. The van der Waals surface area contributed by atoms with Crippen LogP contribution in [-0.2, 0) is 4.74 Å². The van der Waals surface area contributed by atoms with Crippen molar-refractivity contribution in [3.05, 3.63) is 60.2 Å². The lowest BCUT2D eigenvalue weighted by molar-refractivity contribution is 0.0595. The standard InChI is InChI=1S/C15H11FN2O2/c1-20-15(19)11-6-5-10(8-12(11)16)13-9-18-7-3-2-4-14(18)17-13/h2-9H,1H3. The van der Waals surface area contributed by atoms with Gasteiger partial charge in [0.15, 0.2) is 0 Å². The molecule has 2 aromatic heterocycles. The Morgan fingerprint density at radius 1 is 1.30 bits per heavy atom. The summed E-state index contributed by atoms with van der Waals surface area (Å²) in [7, 11) is 1.22. The molecule has 100 valence electrons. The van der Waals surface area contributed by atoms with Crippen LogP contribution in [-0.4, -0.2) is 22.5 Å². The molecule has 1 aromatic carbocycles. The number of hydrogen-bond acceptors (Lipinski definition) is 3. The number of methoxy groups -OCH3 is 1. The Hall–Kier alpha value is -2.69. The molecule has 0 N–H and O–H groups in total. The van der Waals surface area contributed by atoms with Crippen LogP contribution in [0.1, 0.15) is 10.4 Å². The van der Waals surface area contributed by atoms with Crippen LogP contribution in [0.15, 0.2) is 48.8 Å². The lowest BCUT2D eigenvalue weighted by Crippen LogP contribution is -2.04. The fourth-order valence-corrected chi connectivity index (χ4v) is 2.02. The maximum absolute atomic E-state index is 13.9. The van der Waals surface area contributed by atoms with Gasteiger partial charge < -0.3 is 9.14 Å². The van der Waals surface area contributed by atoms with Gasteiger partial charge in [0.05, 0.1) is 18.4 Å². The molecule has 3 aromatic rings. The Bertz CT molecular complexity index is 762. The van der Waals surface area contributed by atoms with Gasteiger partial charge in [-0.05, 0) is 24.3 Å². The van der Waals surface area contributed by atoms with Crippen LogP contribution in [0.4, 0.5) is 4.39 Å². The molecule has 0 aliphatic rings. The molecule has 0 radical (unpaired) electrons. The maximum Gasteiger partial charge on any atom is 0.340 e. The van der Waals surface area contributed by atoms with Crippen molar-refractivity contribution >= 4 is 11.6 Å². The summed E-state index contributed by atoms with van der Waals surface area (Å²) in [4.78, 5) is 15.7. The minimum Gasteiger partial charge on any atom is -0.465 e. The highest BCUT2D eigenvalue weighted by molar-refractivity contribution is 5.90. The molecular formula is C15H11FN2O2. The second kappa shape index (κ2) is 4.77. The summed E-state index contributed by atoms with van der Waals surface area (Å²) in [5, 5.41) is 0. The third kappa shape index (κ3) is 2.03. The lowest BCUT2D eigenvalue weighted by atomic mass is 10.1. The SMILES string of the molecule is COC(=O)c1ccc(-c2cn3ccccc3n2)cc1F. The highest BCUT2D eigenvalue weighted by Crippen LogP contribution is 2.22. The van der Waals surface area contributed by atoms with Gasteiger partial charge in [-0.1, -0.05) is 12.1 Å². The first-order valence-electron chi connectivity index (χ1n) is 6.01. The van der Waals surface area contributed by atoms with Crippen LogP contribution in [0.25, 0.3) is 16.9 Å². The minimum atomic E-state index is -0.691. The molecule has 0 atom stereocenters. The van der Waals surface area contributed by atoms with Gasteiger partial charge in [-0.3, -0.25) is 0 Å². The van der Waals surface area contributed by atoms with Crippen LogP contribution in [0.5, 0.6) is 0 Å². The molecule has 5 heteroatoms. The average molecular weight is 270 g/mol. The zero-order valence-corrected chi connectivity index (χ0v) is 10.7. The number of hydrogen-bond donors (Lipinski definition) is 0. The Morgan fingerprint density at radius 2 is 2.15 bits per heavy atom. The molecule has 0 aliphatic carbocycles. The Balaban J connectivity index is 2.06. The molecule has 0 bridgehead atoms. The Kier molecular flexibility index (Phi) is 2.95. The van der Waals surface area contributed by atoms with E-state index in [9.17, 15) is 9.18 Å². The van der Waals surface area contributed by atoms with Crippen LogP contribution in [0.2, 0.25) is 0 Å². The predicted octanol–water partition coefficient (Wildman–Crippen LogP) is 2.93. The van der Waals surface area contributed by atoms with E-state index in [4.69, 9.17) is 0 Å². The van der Waals surface area contributed by atoms with E-state index in [-0.39, 0.29) is 5.56 Å². The normalized spacial score (nSPS) is 10.7. The summed E-state index contributed by atoms with van der Waals surface area (Å²) >= 11 is 0. The minimum absolute atomic E-state index is 0.0833. The second-order valence-electron chi connectivity index (χ2n) is 4.28. The zero-order chi connectivity index (χ0) is 14.1. The molecular weight excluding hydrogens is 259 g/mol. The van der Waals surface area contributed by atoms with E-state index in [1.807, 2.05) is 35.0 Å². The molecule has 20 heavy (non-hydrogen) atoms. The van der Waals surface area contributed by atoms with E-state index in [2.05, 4.69) is 9.72 Å². The number of rotatable bonds is 2. The summed E-state index contributed by atoms with van der Waals surface area (Å²) in [6.07, 6.45) is 3.67. The number of aromatic nitrogens is 2. The van der Waals surface area contributed by atoms with Crippen molar-refractivity contribution < 1.29 is 13.9 Å². The summed E-state index contributed by atoms with van der Waals surface area (Å²) in [5.74, 6) is -1.31. The van der Waals surface area contributed by atoms with Crippen LogP contribution in [0.3, 0.4) is 0 Å². The number of carbonyl (C=O) groups excluding carboxylic acids is 1. The van der Waals surface area contributed by atoms with E-state index in [1.165, 1.54) is 19.2 Å². The number of ether oxygens (including phenoxy) is 1. The van der Waals surface area contributed by atoms with Gasteiger partial charge in [-0.25, -0.2) is 14.2 Å². The number of benzene rings is 1. The Labute approximate surface area is 114 Å². The van der Waals surface area contributed by atoms with Crippen molar-refractivity contribution in [1.82, 2.24) is 9.38 Å². The van der Waals surface area contributed by atoms with Gasteiger partial charge in [-0.15, -0.1) is 0 Å². The van der Waals surface area contributed by atoms with Gasteiger partial charge >= 0.3 is 5.97 Å². The highest BCUT2D eigenvalue weighted by atomic mass is 19.1. The van der Waals surface area contributed by atoms with E-state index >= 15 is 0 Å². The number of carbonyl (C=O) groups is 1. The van der Waals surface area contributed by atoms with Gasteiger partial charge in [0, 0.05) is 18.0 Å².